The normalized spacial score (nSPS) is 11.2. The molecule has 0 bridgehead atoms. The number of halogens is 1. The SMILES string of the molecule is CCOc1cc(C(=O)O)cc(F)c1-n1cc(-c2ccccc2)c2ncc(-c3c(C)noc3C)cc21. The first kappa shape index (κ1) is 22.3. The maximum atomic E-state index is 15.5. The molecule has 8 heteroatoms. The Hall–Kier alpha value is -4.46. The summed E-state index contributed by atoms with van der Waals surface area (Å²) in [5.41, 5.74) is 5.24. The lowest BCUT2D eigenvalue weighted by molar-refractivity contribution is 0.0695. The number of fused-ring (bicyclic) bond motifs is 1. The van der Waals surface area contributed by atoms with Crippen LogP contribution in [0, 0.1) is 19.7 Å². The van der Waals surface area contributed by atoms with Crippen LogP contribution in [0.15, 0.2) is 65.4 Å². The average Bonchev–Trinajstić information content (AvgIpc) is 3.38. The maximum absolute atomic E-state index is 15.5. The molecule has 5 aromatic rings. The van der Waals surface area contributed by atoms with Crippen molar-refractivity contribution in [2.45, 2.75) is 20.8 Å². The monoisotopic (exact) mass is 471 g/mol. The van der Waals surface area contributed by atoms with Crippen molar-refractivity contribution in [2.24, 2.45) is 0 Å². The molecular formula is C27H22FN3O4. The van der Waals surface area contributed by atoms with E-state index >= 15 is 4.39 Å². The number of benzene rings is 2. The van der Waals surface area contributed by atoms with E-state index in [1.54, 1.807) is 23.9 Å². The second kappa shape index (κ2) is 8.72. The minimum atomic E-state index is -1.24. The molecule has 5 rings (SSSR count). The minimum absolute atomic E-state index is 0.113. The summed E-state index contributed by atoms with van der Waals surface area (Å²) < 4.78 is 28.2. The highest BCUT2D eigenvalue weighted by Crippen LogP contribution is 2.38. The zero-order valence-corrected chi connectivity index (χ0v) is 19.4. The van der Waals surface area contributed by atoms with Gasteiger partial charge in [-0.15, -0.1) is 0 Å². The number of aromatic carboxylic acids is 1. The number of aromatic nitrogens is 3. The van der Waals surface area contributed by atoms with Crippen molar-refractivity contribution in [3.8, 4) is 33.7 Å². The third-order valence-corrected chi connectivity index (χ3v) is 5.86. The van der Waals surface area contributed by atoms with E-state index in [0.29, 0.717) is 16.8 Å². The van der Waals surface area contributed by atoms with Crippen molar-refractivity contribution >= 4 is 17.0 Å². The van der Waals surface area contributed by atoms with Gasteiger partial charge in [-0.25, -0.2) is 9.18 Å². The van der Waals surface area contributed by atoms with Gasteiger partial charge in [0.1, 0.15) is 17.2 Å². The molecule has 0 atom stereocenters. The second-order valence-electron chi connectivity index (χ2n) is 8.11. The summed E-state index contributed by atoms with van der Waals surface area (Å²) in [5.74, 6) is -1.17. The lowest BCUT2D eigenvalue weighted by atomic mass is 10.0. The van der Waals surface area contributed by atoms with Crippen LogP contribution in [-0.4, -0.2) is 32.4 Å². The summed E-state index contributed by atoms with van der Waals surface area (Å²) in [7, 11) is 0. The Bertz CT molecular complexity index is 1550. The van der Waals surface area contributed by atoms with Crippen molar-refractivity contribution in [3.63, 3.8) is 0 Å². The fourth-order valence-corrected chi connectivity index (χ4v) is 4.35. The number of hydrogen-bond donors (Lipinski definition) is 1. The van der Waals surface area contributed by atoms with Gasteiger partial charge >= 0.3 is 5.97 Å². The first-order chi connectivity index (χ1) is 16.9. The van der Waals surface area contributed by atoms with Crippen LogP contribution in [0.2, 0.25) is 0 Å². The standard InChI is InChI=1S/C27H22FN3O4/c1-4-34-23-12-18(27(32)33)10-21(28)26(23)31-14-20(17-8-6-5-7-9-17)25-22(31)11-19(13-29-25)24-15(2)30-35-16(24)3/h5-14H,4H2,1-3H3,(H,32,33). The van der Waals surface area contributed by atoms with E-state index < -0.39 is 11.8 Å². The molecule has 35 heavy (non-hydrogen) atoms. The molecule has 0 spiro atoms. The van der Waals surface area contributed by atoms with Crippen molar-refractivity contribution < 1.29 is 23.6 Å². The number of pyridine rings is 1. The summed E-state index contributed by atoms with van der Waals surface area (Å²) in [4.78, 5) is 16.3. The molecule has 0 aliphatic heterocycles. The van der Waals surface area contributed by atoms with Crippen LogP contribution < -0.4 is 4.74 Å². The van der Waals surface area contributed by atoms with Gasteiger partial charge in [-0.05, 0) is 44.5 Å². The molecule has 0 amide bonds. The van der Waals surface area contributed by atoms with Gasteiger partial charge in [-0.2, -0.15) is 0 Å². The molecule has 0 saturated carbocycles. The molecule has 7 nitrogen and oxygen atoms in total. The van der Waals surface area contributed by atoms with Crippen LogP contribution in [0.25, 0.3) is 39.0 Å². The number of carboxylic acids is 1. The second-order valence-corrected chi connectivity index (χ2v) is 8.11. The number of ether oxygens (including phenoxy) is 1. The van der Waals surface area contributed by atoms with E-state index in [1.807, 2.05) is 50.2 Å². The van der Waals surface area contributed by atoms with E-state index in [-0.39, 0.29) is 23.6 Å². The van der Waals surface area contributed by atoms with Gasteiger partial charge < -0.3 is 18.9 Å². The van der Waals surface area contributed by atoms with Crippen molar-refractivity contribution in [3.05, 3.63) is 83.8 Å². The Morgan fingerprint density at radius 2 is 1.91 bits per heavy atom. The highest BCUT2D eigenvalue weighted by Gasteiger charge is 2.23. The number of nitrogens with zero attached hydrogens (tertiary/aromatic N) is 3. The summed E-state index contributed by atoms with van der Waals surface area (Å²) in [6, 6.07) is 13.9. The first-order valence-electron chi connectivity index (χ1n) is 11.1. The van der Waals surface area contributed by atoms with E-state index in [0.717, 1.165) is 34.0 Å². The average molecular weight is 471 g/mol. The molecule has 3 heterocycles. The Labute approximate surface area is 200 Å². The van der Waals surface area contributed by atoms with Gasteiger partial charge in [0.15, 0.2) is 5.82 Å². The van der Waals surface area contributed by atoms with Gasteiger partial charge in [0, 0.05) is 29.1 Å². The predicted octanol–water partition coefficient (Wildman–Crippen LogP) is 6.20. The number of aryl methyl sites for hydroxylation is 2. The van der Waals surface area contributed by atoms with Gasteiger partial charge in [-0.3, -0.25) is 4.98 Å². The van der Waals surface area contributed by atoms with E-state index in [1.165, 1.54) is 6.07 Å². The van der Waals surface area contributed by atoms with Crippen LogP contribution in [0.4, 0.5) is 4.39 Å². The Morgan fingerprint density at radius 1 is 1.14 bits per heavy atom. The van der Waals surface area contributed by atoms with Crippen LogP contribution >= 0.6 is 0 Å². The third-order valence-electron chi connectivity index (χ3n) is 5.86. The van der Waals surface area contributed by atoms with Crippen LogP contribution in [0.1, 0.15) is 28.7 Å². The molecule has 0 saturated heterocycles. The molecule has 0 unspecified atom stereocenters. The van der Waals surface area contributed by atoms with E-state index in [2.05, 4.69) is 5.16 Å². The largest absolute Gasteiger partial charge is 0.492 e. The van der Waals surface area contributed by atoms with Gasteiger partial charge in [0.05, 0.1) is 28.9 Å². The molecule has 3 aromatic heterocycles. The highest BCUT2D eigenvalue weighted by molar-refractivity contribution is 5.96. The molecule has 0 radical (unpaired) electrons. The highest BCUT2D eigenvalue weighted by atomic mass is 19.1. The van der Waals surface area contributed by atoms with Crippen LogP contribution in [0.5, 0.6) is 5.75 Å². The smallest absolute Gasteiger partial charge is 0.335 e. The lowest BCUT2D eigenvalue weighted by Crippen LogP contribution is -2.06. The third kappa shape index (κ3) is 3.82. The number of carboxylic acid groups (broad SMARTS) is 1. The minimum Gasteiger partial charge on any atom is -0.492 e. The van der Waals surface area contributed by atoms with Crippen LogP contribution in [0.3, 0.4) is 0 Å². The summed E-state index contributed by atoms with van der Waals surface area (Å²) in [6.45, 7) is 5.67. The lowest BCUT2D eigenvalue weighted by Gasteiger charge is -2.14. The topological polar surface area (TPSA) is 90.4 Å². The molecule has 0 aliphatic rings. The number of rotatable bonds is 6. The molecule has 0 aliphatic carbocycles. The van der Waals surface area contributed by atoms with Crippen molar-refractivity contribution in [1.82, 2.24) is 14.7 Å². The van der Waals surface area contributed by atoms with Gasteiger partial charge in [0.25, 0.3) is 0 Å². The molecule has 2 aromatic carbocycles. The molecule has 176 valence electrons. The first-order valence-corrected chi connectivity index (χ1v) is 11.1. The van der Waals surface area contributed by atoms with Crippen LogP contribution in [-0.2, 0) is 0 Å². The summed E-state index contributed by atoms with van der Waals surface area (Å²) in [5, 5.41) is 13.5. The molecular weight excluding hydrogens is 449 g/mol. The summed E-state index contributed by atoms with van der Waals surface area (Å²) in [6.07, 6.45) is 3.55. The van der Waals surface area contributed by atoms with E-state index in [4.69, 9.17) is 14.2 Å². The maximum Gasteiger partial charge on any atom is 0.335 e. The van der Waals surface area contributed by atoms with E-state index in [9.17, 15) is 9.90 Å². The zero-order chi connectivity index (χ0) is 24.7. The number of carbonyl (C=O) groups is 1. The Balaban J connectivity index is 1.84. The Kier molecular flexibility index (Phi) is 5.56. The zero-order valence-electron chi connectivity index (χ0n) is 19.4. The van der Waals surface area contributed by atoms with Crippen molar-refractivity contribution in [1.29, 1.82) is 0 Å². The summed E-state index contributed by atoms with van der Waals surface area (Å²) >= 11 is 0. The van der Waals surface area contributed by atoms with Gasteiger partial charge in [0.2, 0.25) is 0 Å². The predicted molar refractivity (Wildman–Crippen MR) is 130 cm³/mol. The fourth-order valence-electron chi connectivity index (χ4n) is 4.35. The molecule has 0 fully saturated rings. The fraction of sp³-hybridized carbons (Fsp3) is 0.148. The number of hydrogen-bond acceptors (Lipinski definition) is 5. The quantitative estimate of drug-likeness (QED) is 0.317. The van der Waals surface area contributed by atoms with Gasteiger partial charge in [-0.1, -0.05) is 35.5 Å². The Morgan fingerprint density at radius 3 is 2.57 bits per heavy atom. The molecule has 1 N–H and O–H groups in total. The van der Waals surface area contributed by atoms with Crippen molar-refractivity contribution in [2.75, 3.05) is 6.61 Å².